The minimum Gasteiger partial charge on any atom is -0.508 e. The van der Waals surface area contributed by atoms with Crippen molar-refractivity contribution in [1.82, 2.24) is 42.5 Å². The molecular weight excluding hydrogens is 1400 g/mol. The number of fused-ring (bicyclic) bond motifs is 15. The average Bonchev–Trinajstić information content (AvgIpc) is 0.771. The number of aliphatic carboxylic acids is 1. The summed E-state index contributed by atoms with van der Waals surface area (Å²) in [7, 11) is 1.49. The number of hydrogen-bond donors (Lipinski definition) is 17. The summed E-state index contributed by atoms with van der Waals surface area (Å²) in [6.07, 6.45) is -5.99. The van der Waals surface area contributed by atoms with E-state index in [9.17, 15) is 69.6 Å². The molecule has 31 nitrogen and oxygen atoms in total. The minimum absolute atomic E-state index is 0.0334. The second kappa shape index (κ2) is 34.8. The number of carboxylic acid groups (broad SMARTS) is 1. The Labute approximate surface area is 606 Å². The number of benzene rings is 5. The van der Waals surface area contributed by atoms with Gasteiger partial charge in [0.15, 0.2) is 17.5 Å². The molecule has 6 aliphatic rings. The van der Waals surface area contributed by atoms with Gasteiger partial charge in [0, 0.05) is 42.8 Å². The van der Waals surface area contributed by atoms with Gasteiger partial charge in [-0.05, 0) is 103 Å². The molecule has 5 aromatic rings. The molecule has 1 saturated heterocycles. The molecule has 18 N–H and O–H groups in total. The number of aromatic hydroxyl groups is 3. The summed E-state index contributed by atoms with van der Waals surface area (Å²) in [4.78, 5) is 129. The number of nitrogens with one attached hydrogen (secondary N) is 8. The van der Waals surface area contributed by atoms with Gasteiger partial charge in [0.1, 0.15) is 95.6 Å². The SMILES string of the molecule is CCCCCCCCCCOC1C(O)C(CNC(C)=O)OC(Oc2c3cc4cc2Oc2ccc(cc2Cl)C(O)C2NC(=O)C(NC(=O)C4NC(=O)C(CC(N)=O)NC(=O)C(NC(=O)C(CC(C)C)NC)C(O)c4ccc(c(Cl)c4)O3)c3ccc(O)c(c3)-c3c(O)cc(O)cc3C(C(=O)O)NC2=O)C1O. The monoisotopic (exact) mass is 1490 g/mol. The van der Waals surface area contributed by atoms with Crippen LogP contribution < -0.4 is 62.5 Å². The molecule has 0 aliphatic carbocycles. The van der Waals surface area contributed by atoms with Crippen LogP contribution in [0.3, 0.4) is 0 Å². The Morgan fingerprint density at radius 3 is 1.85 bits per heavy atom. The fraction of sp³-hybridized carbons (Fsp3) is 0.451. The van der Waals surface area contributed by atoms with Crippen LogP contribution in [0.2, 0.25) is 10.0 Å². The fourth-order valence-electron chi connectivity index (χ4n) is 12.6. The highest BCUT2D eigenvalue weighted by molar-refractivity contribution is 6.32. The van der Waals surface area contributed by atoms with Gasteiger partial charge >= 0.3 is 5.97 Å². The Kier molecular flexibility index (Phi) is 26.3. The van der Waals surface area contributed by atoms with Gasteiger partial charge in [-0.3, -0.25) is 38.4 Å². The second-order valence-corrected chi connectivity index (χ2v) is 27.1. The average molecular weight is 1490 g/mol. The molecule has 0 spiro atoms. The molecule has 0 aromatic heterocycles. The number of phenolic OH excluding ortho intramolecular Hbond substituents is 3. The van der Waals surface area contributed by atoms with Crippen molar-refractivity contribution in [2.75, 3.05) is 20.2 Å². The van der Waals surface area contributed by atoms with Crippen molar-refractivity contribution in [3.63, 3.8) is 0 Å². The van der Waals surface area contributed by atoms with Gasteiger partial charge in [-0.25, -0.2) is 4.79 Å². The van der Waals surface area contributed by atoms with Gasteiger partial charge < -0.3 is 113 Å². The smallest absolute Gasteiger partial charge is 0.330 e. The number of ether oxygens (including phenoxy) is 5. The molecule has 14 unspecified atom stereocenters. The van der Waals surface area contributed by atoms with Crippen molar-refractivity contribution in [2.45, 2.75) is 177 Å². The van der Waals surface area contributed by atoms with Gasteiger partial charge in [0.05, 0.1) is 22.5 Å². The first-order valence-electron chi connectivity index (χ1n) is 33.9. The Hall–Kier alpha value is -9.57. The zero-order valence-corrected chi connectivity index (χ0v) is 58.8. The molecule has 1 fully saturated rings. The van der Waals surface area contributed by atoms with E-state index < -0.39 is 207 Å². The van der Waals surface area contributed by atoms with Crippen LogP contribution in [0.15, 0.2) is 78.9 Å². The summed E-state index contributed by atoms with van der Waals surface area (Å²) >= 11 is 14.2. The van der Waals surface area contributed by atoms with E-state index in [4.69, 9.17) is 52.6 Å². The Balaban J connectivity index is 1.29. The summed E-state index contributed by atoms with van der Waals surface area (Å²) in [5.74, 6) is -16.0. The van der Waals surface area contributed by atoms with Crippen LogP contribution in [-0.4, -0.2) is 169 Å². The number of carbonyl (C=O) groups is 9. The molecule has 11 bridgehead atoms. The molecule has 33 heteroatoms. The second-order valence-electron chi connectivity index (χ2n) is 26.3. The number of carbonyl (C=O) groups excluding carboxylic acids is 8. The summed E-state index contributed by atoms with van der Waals surface area (Å²) in [5, 5.41) is 113. The molecular formula is C71H85Cl2N9O22. The number of carboxylic acids is 1. The number of likely N-dealkylation sites (N-methyl/N-ethyl adjacent to an activating group) is 1. The third kappa shape index (κ3) is 18.7. The van der Waals surface area contributed by atoms with Gasteiger partial charge in [0.2, 0.25) is 59.3 Å². The first-order chi connectivity index (χ1) is 49.5. The number of nitrogens with two attached hydrogens (primary N) is 1. The van der Waals surface area contributed by atoms with Crippen molar-refractivity contribution in [3.8, 4) is 57.1 Å². The predicted octanol–water partition coefficient (Wildman–Crippen LogP) is 4.18. The van der Waals surface area contributed by atoms with E-state index >= 15 is 14.4 Å². The maximum atomic E-state index is 16.0. The molecule has 104 heavy (non-hydrogen) atoms. The molecule has 6 aliphatic heterocycles. The lowest BCUT2D eigenvalue weighted by molar-refractivity contribution is -0.279. The van der Waals surface area contributed by atoms with Crippen molar-refractivity contribution < 1.29 is 108 Å². The van der Waals surface area contributed by atoms with E-state index in [1.807, 2.05) is 13.8 Å². The molecule has 8 amide bonds. The normalized spacial score (nSPS) is 24.4. The maximum absolute atomic E-state index is 16.0. The maximum Gasteiger partial charge on any atom is 0.330 e. The molecule has 11 rings (SSSR count). The highest BCUT2D eigenvalue weighted by Gasteiger charge is 2.48. The number of unbranched alkanes of at least 4 members (excludes halogenated alkanes) is 7. The van der Waals surface area contributed by atoms with E-state index in [0.29, 0.717) is 6.42 Å². The number of primary amides is 1. The van der Waals surface area contributed by atoms with E-state index in [1.165, 1.54) is 32.2 Å². The molecule has 560 valence electrons. The van der Waals surface area contributed by atoms with Crippen LogP contribution in [0.1, 0.15) is 150 Å². The summed E-state index contributed by atoms with van der Waals surface area (Å²) in [6, 6.07) is -0.110. The third-order valence-electron chi connectivity index (χ3n) is 18.0. The quantitative estimate of drug-likeness (QED) is 0.0432. The first kappa shape index (κ1) is 78.6. The number of rotatable bonds is 22. The van der Waals surface area contributed by atoms with Crippen LogP contribution >= 0.6 is 23.2 Å². The Morgan fingerprint density at radius 2 is 1.25 bits per heavy atom. The zero-order valence-electron chi connectivity index (χ0n) is 57.3. The van der Waals surface area contributed by atoms with E-state index in [-0.39, 0.29) is 58.7 Å². The third-order valence-corrected chi connectivity index (χ3v) is 18.6. The van der Waals surface area contributed by atoms with Crippen LogP contribution in [0.25, 0.3) is 11.1 Å². The van der Waals surface area contributed by atoms with Crippen molar-refractivity contribution in [3.05, 3.63) is 117 Å². The van der Waals surface area contributed by atoms with Crippen LogP contribution in [0, 0.1) is 5.92 Å². The Morgan fingerprint density at radius 1 is 0.654 bits per heavy atom. The minimum atomic E-state index is -2.30. The highest BCUT2D eigenvalue weighted by atomic mass is 35.5. The van der Waals surface area contributed by atoms with Crippen molar-refractivity contribution in [1.29, 1.82) is 0 Å². The van der Waals surface area contributed by atoms with Gasteiger partial charge in [-0.15, -0.1) is 0 Å². The number of amides is 8. The van der Waals surface area contributed by atoms with Gasteiger partial charge in [-0.1, -0.05) is 107 Å². The first-order valence-corrected chi connectivity index (χ1v) is 34.6. The number of hydrogen-bond acceptors (Lipinski definition) is 22. The topological polar surface area (TPSA) is 484 Å². The predicted molar refractivity (Wildman–Crippen MR) is 371 cm³/mol. The van der Waals surface area contributed by atoms with E-state index in [1.54, 1.807) is 0 Å². The van der Waals surface area contributed by atoms with Crippen LogP contribution in [-0.2, 0) is 52.6 Å². The lowest BCUT2D eigenvalue weighted by Crippen LogP contribution is -2.62. The molecule has 0 radical (unpaired) electrons. The number of aliphatic hydroxyl groups is 4. The fourth-order valence-corrected chi connectivity index (χ4v) is 13.1. The van der Waals surface area contributed by atoms with E-state index in [0.717, 1.165) is 106 Å². The molecule has 0 saturated carbocycles. The zero-order chi connectivity index (χ0) is 75.5. The van der Waals surface area contributed by atoms with Crippen LogP contribution in [0.5, 0.6) is 46.0 Å². The Bertz CT molecular complexity index is 4050. The van der Waals surface area contributed by atoms with Crippen molar-refractivity contribution in [2.24, 2.45) is 11.7 Å². The van der Waals surface area contributed by atoms with Gasteiger partial charge in [-0.2, -0.15) is 0 Å². The van der Waals surface area contributed by atoms with Gasteiger partial charge in [0.25, 0.3) is 0 Å². The van der Waals surface area contributed by atoms with Crippen molar-refractivity contribution >= 4 is 76.4 Å². The summed E-state index contributed by atoms with van der Waals surface area (Å²) < 4.78 is 32.5. The summed E-state index contributed by atoms with van der Waals surface area (Å²) in [6.45, 7) is 6.66. The lowest BCUT2D eigenvalue weighted by Gasteiger charge is -2.42. The number of halogens is 2. The van der Waals surface area contributed by atoms with E-state index in [2.05, 4.69) is 49.5 Å². The highest BCUT2D eigenvalue weighted by Crippen LogP contribution is 2.49. The number of phenols is 3. The molecule has 5 aromatic carbocycles. The van der Waals surface area contributed by atoms with Crippen LogP contribution in [0.4, 0.5) is 0 Å². The lowest BCUT2D eigenvalue weighted by atomic mass is 9.89. The molecule has 14 atom stereocenters. The summed E-state index contributed by atoms with van der Waals surface area (Å²) in [5.41, 5.74) is 3.09. The largest absolute Gasteiger partial charge is 0.508 e. The molecule has 6 heterocycles. The standard InChI is InChI=1S/C71H85Cl2N9O22/c1-6-7-8-9-10-11-12-13-20-100-63-60(90)50(30-76-32(4)83)103-71(61(63)91)104-62-48-25-36-26-49(62)102-47-19-16-35(24-41(47)73)59(89)57-69(97)80-55(70(98)99)39-27-37(84)28-45(86)52(39)38-22-33(14-17-44(38)85)53(66(94)82-57)79-67(95)54(36)78-65(93)43(29-51(74)87)77-68(96)56(81-64(92)42(75-5)21-31(2)3)58(88)34-15-18-46(101-48)40(72)23-34/h14-19,22-28,31,42-43,50,53-61,63,71,75,84-86,88-91H,6-13,20-21,29-30H2,1-5H3,(H2,74,87)(H,76,83)(H,77,96)(H,78,93)(H,79,95)(H,80,97)(H,81,92)(H,82,94)(H,98,99). The number of aliphatic hydroxyl groups excluding tert-OH is 4.